The van der Waals surface area contributed by atoms with E-state index in [0.29, 0.717) is 5.91 Å². The molecule has 0 spiro atoms. The van der Waals surface area contributed by atoms with Crippen LogP contribution in [-0.2, 0) is 4.79 Å². The van der Waals surface area contributed by atoms with Gasteiger partial charge in [-0.3, -0.25) is 4.79 Å². The van der Waals surface area contributed by atoms with Crippen LogP contribution in [0.4, 0.5) is 0 Å². The monoisotopic (exact) mass is 270 g/mol. The summed E-state index contributed by atoms with van der Waals surface area (Å²) in [6.07, 6.45) is 4.33. The van der Waals surface area contributed by atoms with Gasteiger partial charge in [0.15, 0.2) is 0 Å². The van der Waals surface area contributed by atoms with E-state index in [0.717, 1.165) is 50.7 Å². The number of carbonyl (C=O) groups is 1. The Balaban J connectivity index is 1.73. The Hall–Kier alpha value is -0.220. The number of amides is 1. The van der Waals surface area contributed by atoms with Gasteiger partial charge >= 0.3 is 0 Å². The lowest BCUT2D eigenvalue weighted by atomic mass is 9.93. The number of piperidine rings is 1. The predicted octanol–water partition coefficient (Wildman–Crippen LogP) is 2.12. The van der Waals surface area contributed by atoms with Crippen molar-refractivity contribution in [1.29, 1.82) is 0 Å². The Labute approximate surface area is 115 Å². The molecule has 2 rings (SSSR count). The first-order chi connectivity index (χ1) is 8.57. The quantitative estimate of drug-likeness (QED) is 0.852. The summed E-state index contributed by atoms with van der Waals surface area (Å²) in [6, 6.07) is 0. The summed E-state index contributed by atoms with van der Waals surface area (Å²) < 4.78 is 0.239. The number of carbonyl (C=O) groups excluding carboxylic acids is 1. The zero-order valence-corrected chi connectivity index (χ0v) is 12.5. The van der Waals surface area contributed by atoms with Gasteiger partial charge in [0.2, 0.25) is 5.91 Å². The van der Waals surface area contributed by atoms with Crippen LogP contribution >= 0.6 is 11.8 Å². The normalized spacial score (nSPS) is 25.1. The summed E-state index contributed by atoms with van der Waals surface area (Å²) >= 11 is 1.99. The van der Waals surface area contributed by atoms with Gasteiger partial charge in [0, 0.05) is 30.0 Å². The molecule has 0 aliphatic carbocycles. The maximum Gasteiger partial charge on any atom is 0.222 e. The number of hydrogen-bond acceptors (Lipinski definition) is 3. The van der Waals surface area contributed by atoms with Crippen LogP contribution in [-0.4, -0.2) is 47.5 Å². The van der Waals surface area contributed by atoms with Crippen molar-refractivity contribution in [3.63, 3.8) is 0 Å². The first-order valence-corrected chi connectivity index (χ1v) is 8.18. The van der Waals surface area contributed by atoms with E-state index < -0.39 is 0 Å². The molecule has 2 heterocycles. The summed E-state index contributed by atoms with van der Waals surface area (Å²) in [5.41, 5.74) is 0. The van der Waals surface area contributed by atoms with E-state index in [1.807, 2.05) is 11.8 Å². The largest absolute Gasteiger partial charge is 0.341 e. The van der Waals surface area contributed by atoms with Gasteiger partial charge in [0.25, 0.3) is 0 Å². The van der Waals surface area contributed by atoms with Crippen molar-refractivity contribution >= 4 is 17.7 Å². The molecular formula is C14H26N2OS. The Bertz CT molecular complexity index is 288. The topological polar surface area (TPSA) is 32.3 Å². The Morgan fingerprint density at radius 3 is 2.78 bits per heavy atom. The molecule has 1 N–H and O–H groups in total. The minimum Gasteiger partial charge on any atom is -0.341 e. The zero-order chi connectivity index (χ0) is 13.0. The average molecular weight is 270 g/mol. The molecule has 4 heteroatoms. The Morgan fingerprint density at radius 2 is 2.11 bits per heavy atom. The highest BCUT2D eigenvalue weighted by atomic mass is 32.2. The number of thioether (sulfide) groups is 1. The third kappa shape index (κ3) is 4.16. The number of rotatable bonds is 3. The van der Waals surface area contributed by atoms with E-state index in [1.165, 1.54) is 12.8 Å². The van der Waals surface area contributed by atoms with Crippen molar-refractivity contribution in [2.24, 2.45) is 5.92 Å². The highest BCUT2D eigenvalue weighted by Crippen LogP contribution is 2.30. The molecule has 0 radical (unpaired) electrons. The van der Waals surface area contributed by atoms with Gasteiger partial charge in [-0.25, -0.2) is 0 Å². The van der Waals surface area contributed by atoms with E-state index >= 15 is 0 Å². The van der Waals surface area contributed by atoms with Gasteiger partial charge in [-0.2, -0.15) is 11.8 Å². The lowest BCUT2D eigenvalue weighted by molar-refractivity contribution is -0.131. The van der Waals surface area contributed by atoms with Crippen molar-refractivity contribution < 1.29 is 4.79 Å². The van der Waals surface area contributed by atoms with E-state index in [4.69, 9.17) is 0 Å². The SMILES string of the molecule is CC1(C)CN(C(=O)CCC2CCNCC2)CCS1. The molecule has 0 bridgehead atoms. The second kappa shape index (κ2) is 6.29. The lowest BCUT2D eigenvalue weighted by Gasteiger charge is -2.37. The highest BCUT2D eigenvalue weighted by molar-refractivity contribution is 8.00. The van der Waals surface area contributed by atoms with Crippen LogP contribution in [0.15, 0.2) is 0 Å². The van der Waals surface area contributed by atoms with Crippen LogP contribution in [0, 0.1) is 5.92 Å². The van der Waals surface area contributed by atoms with Gasteiger partial charge in [0.05, 0.1) is 0 Å². The fourth-order valence-corrected chi connectivity index (χ4v) is 4.00. The second-order valence-corrected chi connectivity index (χ2v) is 7.96. The molecule has 2 saturated heterocycles. The molecule has 0 aromatic carbocycles. The van der Waals surface area contributed by atoms with E-state index in [9.17, 15) is 4.79 Å². The maximum atomic E-state index is 12.2. The summed E-state index contributed by atoms with van der Waals surface area (Å²) in [5.74, 6) is 2.23. The average Bonchev–Trinajstić information content (AvgIpc) is 2.36. The molecule has 3 nitrogen and oxygen atoms in total. The van der Waals surface area contributed by atoms with Crippen molar-refractivity contribution in [2.45, 2.75) is 44.3 Å². The van der Waals surface area contributed by atoms with Crippen molar-refractivity contribution in [3.05, 3.63) is 0 Å². The summed E-state index contributed by atoms with van der Waals surface area (Å²) in [5, 5.41) is 3.38. The van der Waals surface area contributed by atoms with Crippen LogP contribution in [0.1, 0.15) is 39.5 Å². The molecule has 0 atom stereocenters. The third-order valence-corrected chi connectivity index (χ3v) is 5.30. The van der Waals surface area contributed by atoms with Crippen LogP contribution < -0.4 is 5.32 Å². The molecule has 0 aromatic heterocycles. The van der Waals surface area contributed by atoms with Crippen LogP contribution in [0.3, 0.4) is 0 Å². The Kier molecular flexibility index (Phi) is 4.96. The van der Waals surface area contributed by atoms with Crippen LogP contribution in [0.2, 0.25) is 0 Å². The summed E-state index contributed by atoms with van der Waals surface area (Å²) in [6.45, 7) is 8.61. The molecule has 2 aliphatic rings. The molecule has 0 saturated carbocycles. The summed E-state index contributed by atoms with van der Waals surface area (Å²) in [4.78, 5) is 14.3. The molecule has 18 heavy (non-hydrogen) atoms. The van der Waals surface area contributed by atoms with E-state index in [-0.39, 0.29) is 4.75 Å². The van der Waals surface area contributed by atoms with Gasteiger partial charge < -0.3 is 10.2 Å². The lowest BCUT2D eigenvalue weighted by Crippen LogP contribution is -2.46. The molecule has 2 aliphatic heterocycles. The van der Waals surface area contributed by atoms with Gasteiger partial charge in [-0.05, 0) is 52.1 Å². The molecule has 2 fully saturated rings. The molecule has 0 unspecified atom stereocenters. The summed E-state index contributed by atoms with van der Waals surface area (Å²) in [7, 11) is 0. The van der Waals surface area contributed by atoms with Gasteiger partial charge in [-0.1, -0.05) is 0 Å². The van der Waals surface area contributed by atoms with Crippen molar-refractivity contribution in [2.75, 3.05) is 31.9 Å². The van der Waals surface area contributed by atoms with Gasteiger partial charge in [-0.15, -0.1) is 0 Å². The predicted molar refractivity (Wildman–Crippen MR) is 77.9 cm³/mol. The minimum atomic E-state index is 0.239. The van der Waals surface area contributed by atoms with E-state index in [2.05, 4.69) is 24.1 Å². The minimum absolute atomic E-state index is 0.239. The van der Waals surface area contributed by atoms with Crippen molar-refractivity contribution in [1.82, 2.24) is 10.2 Å². The first-order valence-electron chi connectivity index (χ1n) is 7.19. The number of nitrogens with zero attached hydrogens (tertiary/aromatic N) is 1. The standard InChI is InChI=1S/C14H26N2OS/c1-14(2)11-16(9-10-18-14)13(17)4-3-12-5-7-15-8-6-12/h12,15H,3-11H2,1-2H3. The first kappa shape index (κ1) is 14.2. The number of nitrogens with one attached hydrogen (secondary N) is 1. The zero-order valence-electron chi connectivity index (χ0n) is 11.7. The second-order valence-electron chi connectivity index (χ2n) is 6.16. The fraction of sp³-hybridized carbons (Fsp3) is 0.929. The fourth-order valence-electron chi connectivity index (χ4n) is 2.89. The van der Waals surface area contributed by atoms with E-state index in [1.54, 1.807) is 0 Å². The smallest absolute Gasteiger partial charge is 0.222 e. The van der Waals surface area contributed by atoms with Crippen molar-refractivity contribution in [3.8, 4) is 0 Å². The number of hydrogen-bond donors (Lipinski definition) is 1. The van der Waals surface area contributed by atoms with Gasteiger partial charge in [0.1, 0.15) is 0 Å². The molecule has 1 amide bonds. The van der Waals surface area contributed by atoms with Crippen LogP contribution in [0.25, 0.3) is 0 Å². The van der Waals surface area contributed by atoms with Crippen LogP contribution in [0.5, 0.6) is 0 Å². The third-order valence-electron chi connectivity index (χ3n) is 4.00. The highest BCUT2D eigenvalue weighted by Gasteiger charge is 2.29. The Morgan fingerprint density at radius 1 is 1.39 bits per heavy atom. The molecular weight excluding hydrogens is 244 g/mol. The maximum absolute atomic E-state index is 12.2. The molecule has 104 valence electrons. The molecule has 0 aromatic rings.